The van der Waals surface area contributed by atoms with Crippen molar-refractivity contribution in [1.82, 2.24) is 0 Å². The Morgan fingerprint density at radius 3 is 1.69 bits per heavy atom. The second-order valence-electron chi connectivity index (χ2n) is 9.54. The van der Waals surface area contributed by atoms with E-state index in [2.05, 4.69) is 105 Å². The third-order valence-corrected chi connectivity index (χ3v) is 6.91. The molecular formula is C24H38MgSi. The average molecular weight is 379 g/mol. The first kappa shape index (κ1) is 25.8. The van der Waals surface area contributed by atoms with Crippen LogP contribution in [0.4, 0.5) is 0 Å². The molecule has 0 bridgehead atoms. The summed E-state index contributed by atoms with van der Waals surface area (Å²) in [5, 5.41) is 1.62. The fourth-order valence-corrected chi connectivity index (χ4v) is 3.48. The van der Waals surface area contributed by atoms with Gasteiger partial charge in [-0.1, -0.05) is 90.6 Å². The minimum Gasteiger partial charge on any atom is -0.269 e. The van der Waals surface area contributed by atoms with Crippen LogP contribution in [0.3, 0.4) is 0 Å². The van der Waals surface area contributed by atoms with Crippen molar-refractivity contribution in [3.05, 3.63) is 47.6 Å². The average Bonchev–Trinajstić information content (AvgIpc) is 3.15. The van der Waals surface area contributed by atoms with Crippen LogP contribution in [0.1, 0.15) is 61.8 Å². The van der Waals surface area contributed by atoms with E-state index in [1.165, 1.54) is 17.6 Å². The first-order valence-electron chi connectivity index (χ1n) is 9.63. The Morgan fingerprint density at radius 2 is 1.38 bits per heavy atom. The van der Waals surface area contributed by atoms with E-state index in [9.17, 15) is 0 Å². The molecule has 0 N–H and O–H groups in total. The molecule has 0 saturated heterocycles. The molecule has 0 amide bonds. The van der Waals surface area contributed by atoms with Crippen molar-refractivity contribution in [3.63, 3.8) is 0 Å². The Balaban J connectivity index is 0.000000475. The Morgan fingerprint density at radius 1 is 0.923 bits per heavy atom. The predicted molar refractivity (Wildman–Crippen MR) is 122 cm³/mol. The number of allylic oxidation sites excluding steroid dienone is 8. The van der Waals surface area contributed by atoms with Crippen LogP contribution in [0.2, 0.25) is 13.1 Å². The van der Waals surface area contributed by atoms with Crippen molar-refractivity contribution in [2.75, 3.05) is 0 Å². The molecule has 0 spiro atoms. The summed E-state index contributed by atoms with van der Waals surface area (Å²) in [7, 11) is -0.274. The molecule has 0 radical (unpaired) electrons. The molecule has 2 heteroatoms. The quantitative estimate of drug-likeness (QED) is 0.382. The third kappa shape index (κ3) is 7.82. The zero-order valence-corrected chi connectivity index (χ0v) is 21.3. The van der Waals surface area contributed by atoms with Gasteiger partial charge in [0.25, 0.3) is 0 Å². The van der Waals surface area contributed by atoms with E-state index < -0.39 is 0 Å². The smallest absolute Gasteiger partial charge is 0.269 e. The molecular weight excluding hydrogens is 341 g/mol. The normalized spacial score (nSPS) is 21.5. The zero-order chi connectivity index (χ0) is 19.4. The minimum absolute atomic E-state index is 0. The number of hydrogen-bond donors (Lipinski definition) is 0. The summed E-state index contributed by atoms with van der Waals surface area (Å²) < 4.78 is 0. The maximum absolute atomic E-state index is 3.47. The van der Waals surface area contributed by atoms with Crippen LogP contribution in [-0.2, 0) is 0 Å². The van der Waals surface area contributed by atoms with Gasteiger partial charge in [0.1, 0.15) is 0 Å². The molecule has 2 aliphatic rings. The van der Waals surface area contributed by atoms with Gasteiger partial charge in [0.05, 0.1) is 0 Å². The van der Waals surface area contributed by atoms with E-state index in [1.807, 2.05) is 0 Å². The molecule has 2 atom stereocenters. The van der Waals surface area contributed by atoms with Gasteiger partial charge in [-0.3, -0.25) is 12.2 Å². The van der Waals surface area contributed by atoms with E-state index in [1.54, 1.807) is 5.17 Å². The molecule has 0 fully saturated rings. The van der Waals surface area contributed by atoms with Crippen LogP contribution in [-0.4, -0.2) is 36.6 Å². The summed E-state index contributed by atoms with van der Waals surface area (Å²) >= 11 is 0. The molecule has 26 heavy (non-hydrogen) atoms. The van der Waals surface area contributed by atoms with E-state index in [0.717, 1.165) is 0 Å². The molecule has 0 nitrogen and oxygen atoms in total. The SMILES string of the molecule is CC(C1[C-]=CC(C(C)(C)C)=C1)=[Si](C)C.CCC1[C-]=CC(C(C)(C)C)=C1.[Mg+2]. The molecule has 0 aliphatic heterocycles. The van der Waals surface area contributed by atoms with Crippen LogP contribution < -0.4 is 0 Å². The molecule has 2 aliphatic carbocycles. The maximum Gasteiger partial charge on any atom is 2.00 e. The van der Waals surface area contributed by atoms with Crippen molar-refractivity contribution in [2.24, 2.45) is 22.7 Å². The topological polar surface area (TPSA) is 0 Å². The summed E-state index contributed by atoms with van der Waals surface area (Å²) in [6.07, 6.45) is 17.0. The first-order chi connectivity index (χ1) is 11.4. The Bertz CT molecular complexity index is 612. The van der Waals surface area contributed by atoms with Gasteiger partial charge in [0.2, 0.25) is 0 Å². The molecule has 2 rings (SSSR count). The second kappa shape index (κ2) is 10.4. The zero-order valence-electron chi connectivity index (χ0n) is 18.9. The molecule has 0 aromatic heterocycles. The summed E-state index contributed by atoms with van der Waals surface area (Å²) in [5.74, 6) is 1.07. The van der Waals surface area contributed by atoms with Gasteiger partial charge in [-0.15, -0.1) is 5.17 Å². The van der Waals surface area contributed by atoms with E-state index in [-0.39, 0.29) is 36.9 Å². The van der Waals surface area contributed by atoms with Crippen molar-refractivity contribution in [3.8, 4) is 0 Å². The van der Waals surface area contributed by atoms with Crippen LogP contribution in [0.15, 0.2) is 35.5 Å². The van der Waals surface area contributed by atoms with Gasteiger partial charge in [0.15, 0.2) is 0 Å². The first-order valence-corrected chi connectivity index (χ1v) is 12.1. The maximum atomic E-state index is 3.47. The fourth-order valence-electron chi connectivity index (χ4n) is 2.69. The van der Waals surface area contributed by atoms with Gasteiger partial charge in [-0.05, 0) is 6.92 Å². The van der Waals surface area contributed by atoms with Crippen LogP contribution in [0, 0.1) is 34.8 Å². The van der Waals surface area contributed by atoms with E-state index in [4.69, 9.17) is 0 Å². The molecule has 2 unspecified atom stereocenters. The standard InChI is InChI=1S/C13H21Si.C11H17.Mg/c1-10(14(5)6)11-7-8-12(9-11)13(2,3)4;1-5-9-6-7-10(8-9)11(2,3)4;/h8-9,11H,1-6H3;7-9H,5H2,1-4H3;/q2*-1;+2. The summed E-state index contributed by atoms with van der Waals surface area (Å²) in [6.45, 7) is 22.7. The monoisotopic (exact) mass is 378 g/mol. The molecule has 0 aromatic rings. The molecule has 0 heterocycles. The van der Waals surface area contributed by atoms with Gasteiger partial charge < -0.3 is 0 Å². The van der Waals surface area contributed by atoms with Gasteiger partial charge in [0, 0.05) is 8.41 Å². The third-order valence-electron chi connectivity index (χ3n) is 5.03. The van der Waals surface area contributed by atoms with Crippen LogP contribution in [0.5, 0.6) is 0 Å². The van der Waals surface area contributed by atoms with E-state index in [0.29, 0.717) is 17.3 Å². The summed E-state index contributed by atoms with van der Waals surface area (Å²) in [4.78, 5) is 0. The van der Waals surface area contributed by atoms with Crippen LogP contribution in [0.25, 0.3) is 0 Å². The largest absolute Gasteiger partial charge is 2.00 e. The Labute approximate surface area is 181 Å². The van der Waals surface area contributed by atoms with Crippen molar-refractivity contribution >= 4 is 36.6 Å². The molecule has 140 valence electrons. The number of hydrogen-bond acceptors (Lipinski definition) is 0. The number of rotatable bonds is 2. The van der Waals surface area contributed by atoms with Crippen molar-refractivity contribution in [2.45, 2.75) is 74.9 Å². The fraction of sp³-hybridized carbons (Fsp3) is 0.625. The van der Waals surface area contributed by atoms with Crippen LogP contribution >= 0.6 is 0 Å². The van der Waals surface area contributed by atoms with Crippen molar-refractivity contribution < 1.29 is 0 Å². The molecule has 0 aromatic carbocycles. The minimum atomic E-state index is -0.274. The van der Waals surface area contributed by atoms with E-state index >= 15 is 0 Å². The molecule has 0 saturated carbocycles. The predicted octanol–water partition coefficient (Wildman–Crippen LogP) is 6.45. The summed E-state index contributed by atoms with van der Waals surface area (Å²) in [5.41, 5.74) is 3.45. The van der Waals surface area contributed by atoms with Gasteiger partial charge in [-0.2, -0.15) is 23.3 Å². The summed E-state index contributed by atoms with van der Waals surface area (Å²) in [6, 6.07) is 0. The van der Waals surface area contributed by atoms with Gasteiger partial charge >= 0.3 is 23.1 Å². The Kier molecular flexibility index (Phi) is 10.3. The second-order valence-corrected chi connectivity index (χ2v) is 12.3. The Hall–Kier alpha value is -0.187. The van der Waals surface area contributed by atoms with Gasteiger partial charge in [-0.25, -0.2) is 12.2 Å². The van der Waals surface area contributed by atoms with Crippen molar-refractivity contribution in [1.29, 1.82) is 0 Å².